The number of hydrogen-bond donors (Lipinski definition) is 1. The lowest BCUT2D eigenvalue weighted by atomic mass is 10.2. The average molecular weight is 245 g/mol. The number of pyridine rings is 1. The Morgan fingerprint density at radius 1 is 1.50 bits per heavy atom. The van der Waals surface area contributed by atoms with Crippen molar-refractivity contribution in [1.29, 1.82) is 0 Å². The maximum absolute atomic E-state index is 5.93. The zero-order valence-electron chi connectivity index (χ0n) is 10.2. The summed E-state index contributed by atoms with van der Waals surface area (Å²) in [4.78, 5) is 10.8. The molecule has 2 aromatic heterocycles. The number of aryl methyl sites for hydroxylation is 1. The molecule has 18 heavy (non-hydrogen) atoms. The van der Waals surface area contributed by atoms with Crippen molar-refractivity contribution in [3.8, 4) is 11.5 Å². The van der Waals surface area contributed by atoms with Gasteiger partial charge in [0.05, 0.1) is 5.56 Å². The quantitative estimate of drug-likeness (QED) is 0.849. The fourth-order valence-corrected chi connectivity index (χ4v) is 2.20. The number of aromatic nitrogens is 3. The SMILES string of the molecule is Cc1noc(-c2cccnc2N2CCC(N)C2)n1. The van der Waals surface area contributed by atoms with Crippen LogP contribution in [0.3, 0.4) is 0 Å². The second-order valence-electron chi connectivity index (χ2n) is 4.52. The first-order valence-corrected chi connectivity index (χ1v) is 6.00. The lowest BCUT2D eigenvalue weighted by Crippen LogP contribution is -2.27. The third kappa shape index (κ3) is 1.95. The van der Waals surface area contributed by atoms with Gasteiger partial charge in [0.25, 0.3) is 5.89 Å². The van der Waals surface area contributed by atoms with E-state index in [0.717, 1.165) is 30.9 Å². The molecular formula is C12H15N5O. The van der Waals surface area contributed by atoms with Crippen LogP contribution in [-0.4, -0.2) is 34.3 Å². The van der Waals surface area contributed by atoms with Crippen LogP contribution in [0.25, 0.3) is 11.5 Å². The smallest absolute Gasteiger partial charge is 0.261 e. The standard InChI is InChI=1S/C12H15N5O/c1-8-15-12(18-16-8)10-3-2-5-14-11(10)17-6-4-9(13)7-17/h2-3,5,9H,4,6-7,13H2,1H3. The molecule has 0 spiro atoms. The zero-order chi connectivity index (χ0) is 12.5. The maximum atomic E-state index is 5.93. The number of nitrogens with two attached hydrogens (primary N) is 1. The van der Waals surface area contributed by atoms with Crippen molar-refractivity contribution in [3.63, 3.8) is 0 Å². The predicted molar refractivity (Wildman–Crippen MR) is 67.1 cm³/mol. The summed E-state index contributed by atoms with van der Waals surface area (Å²) in [6.45, 7) is 3.53. The predicted octanol–water partition coefficient (Wildman–Crippen LogP) is 0.977. The third-order valence-corrected chi connectivity index (χ3v) is 3.07. The molecule has 0 aliphatic carbocycles. The van der Waals surface area contributed by atoms with Crippen molar-refractivity contribution in [2.24, 2.45) is 5.73 Å². The number of anilines is 1. The minimum Gasteiger partial charge on any atom is -0.354 e. The van der Waals surface area contributed by atoms with Crippen molar-refractivity contribution in [1.82, 2.24) is 15.1 Å². The summed E-state index contributed by atoms with van der Waals surface area (Å²) in [6, 6.07) is 4.03. The Morgan fingerprint density at radius 2 is 2.39 bits per heavy atom. The molecule has 2 N–H and O–H groups in total. The monoisotopic (exact) mass is 245 g/mol. The van der Waals surface area contributed by atoms with Gasteiger partial charge in [-0.2, -0.15) is 4.98 Å². The van der Waals surface area contributed by atoms with E-state index in [4.69, 9.17) is 10.3 Å². The molecule has 1 aliphatic rings. The Hall–Kier alpha value is -1.95. The van der Waals surface area contributed by atoms with E-state index in [9.17, 15) is 0 Å². The van der Waals surface area contributed by atoms with Crippen LogP contribution in [-0.2, 0) is 0 Å². The van der Waals surface area contributed by atoms with Gasteiger partial charge in [-0.15, -0.1) is 0 Å². The first kappa shape index (κ1) is 11.2. The van der Waals surface area contributed by atoms with Crippen LogP contribution in [0, 0.1) is 6.92 Å². The topological polar surface area (TPSA) is 81.1 Å². The highest BCUT2D eigenvalue weighted by atomic mass is 16.5. The highest BCUT2D eigenvalue weighted by Crippen LogP contribution is 2.29. The molecule has 0 aromatic carbocycles. The zero-order valence-corrected chi connectivity index (χ0v) is 10.2. The molecule has 94 valence electrons. The van der Waals surface area contributed by atoms with Gasteiger partial charge in [0.15, 0.2) is 5.82 Å². The van der Waals surface area contributed by atoms with Crippen molar-refractivity contribution in [2.75, 3.05) is 18.0 Å². The molecule has 1 unspecified atom stereocenters. The van der Waals surface area contributed by atoms with Gasteiger partial charge in [-0.3, -0.25) is 0 Å². The molecule has 6 heteroatoms. The van der Waals surface area contributed by atoms with E-state index in [0.29, 0.717) is 11.7 Å². The summed E-state index contributed by atoms with van der Waals surface area (Å²) in [5.74, 6) is 2.00. The molecule has 0 radical (unpaired) electrons. The summed E-state index contributed by atoms with van der Waals surface area (Å²) in [7, 11) is 0. The van der Waals surface area contributed by atoms with Crippen LogP contribution >= 0.6 is 0 Å². The molecule has 2 aromatic rings. The van der Waals surface area contributed by atoms with Crippen LogP contribution in [0.1, 0.15) is 12.2 Å². The fraction of sp³-hybridized carbons (Fsp3) is 0.417. The van der Waals surface area contributed by atoms with Gasteiger partial charge in [0.1, 0.15) is 5.82 Å². The first-order valence-electron chi connectivity index (χ1n) is 6.00. The van der Waals surface area contributed by atoms with Crippen LogP contribution in [0.2, 0.25) is 0 Å². The lowest BCUT2D eigenvalue weighted by molar-refractivity contribution is 0.425. The molecule has 6 nitrogen and oxygen atoms in total. The molecule has 0 amide bonds. The van der Waals surface area contributed by atoms with Gasteiger partial charge in [-0.25, -0.2) is 4.98 Å². The number of rotatable bonds is 2. The van der Waals surface area contributed by atoms with Crippen molar-refractivity contribution in [2.45, 2.75) is 19.4 Å². The summed E-state index contributed by atoms with van der Waals surface area (Å²) >= 11 is 0. The minimum atomic E-state index is 0.212. The Balaban J connectivity index is 2.00. The fourth-order valence-electron chi connectivity index (χ4n) is 2.20. The molecule has 0 saturated carbocycles. The van der Waals surface area contributed by atoms with Gasteiger partial charge in [0, 0.05) is 25.3 Å². The van der Waals surface area contributed by atoms with E-state index in [1.807, 2.05) is 12.1 Å². The van der Waals surface area contributed by atoms with Crippen LogP contribution in [0.4, 0.5) is 5.82 Å². The highest BCUT2D eigenvalue weighted by Gasteiger charge is 2.24. The van der Waals surface area contributed by atoms with Crippen LogP contribution in [0.15, 0.2) is 22.9 Å². The van der Waals surface area contributed by atoms with E-state index in [2.05, 4.69) is 20.0 Å². The molecule has 3 rings (SSSR count). The Bertz CT molecular complexity index is 553. The Kier molecular flexibility index (Phi) is 2.71. The second kappa shape index (κ2) is 4.38. The van der Waals surface area contributed by atoms with Crippen molar-refractivity contribution in [3.05, 3.63) is 24.2 Å². The number of nitrogens with zero attached hydrogens (tertiary/aromatic N) is 4. The summed E-state index contributed by atoms with van der Waals surface area (Å²) < 4.78 is 5.22. The highest BCUT2D eigenvalue weighted by molar-refractivity contribution is 5.70. The Labute approximate surface area is 105 Å². The second-order valence-corrected chi connectivity index (χ2v) is 4.52. The third-order valence-electron chi connectivity index (χ3n) is 3.07. The minimum absolute atomic E-state index is 0.212. The van der Waals surface area contributed by atoms with Gasteiger partial charge < -0.3 is 15.2 Å². The summed E-state index contributed by atoms with van der Waals surface area (Å²) in [6.07, 6.45) is 2.75. The van der Waals surface area contributed by atoms with Gasteiger partial charge in [-0.05, 0) is 25.5 Å². The summed E-state index contributed by atoms with van der Waals surface area (Å²) in [5, 5.41) is 3.82. The average Bonchev–Trinajstić information content (AvgIpc) is 2.98. The van der Waals surface area contributed by atoms with E-state index >= 15 is 0 Å². The van der Waals surface area contributed by atoms with Gasteiger partial charge in [0.2, 0.25) is 0 Å². The normalized spacial score (nSPS) is 19.4. The molecular weight excluding hydrogens is 230 g/mol. The molecule has 1 fully saturated rings. The summed E-state index contributed by atoms with van der Waals surface area (Å²) in [5.41, 5.74) is 6.80. The van der Waals surface area contributed by atoms with Crippen LogP contribution < -0.4 is 10.6 Å². The van der Waals surface area contributed by atoms with E-state index in [-0.39, 0.29) is 6.04 Å². The van der Waals surface area contributed by atoms with E-state index in [1.165, 1.54) is 0 Å². The molecule has 3 heterocycles. The molecule has 0 bridgehead atoms. The molecule has 1 saturated heterocycles. The van der Waals surface area contributed by atoms with Gasteiger partial charge in [-0.1, -0.05) is 5.16 Å². The van der Waals surface area contributed by atoms with E-state index in [1.54, 1.807) is 13.1 Å². The van der Waals surface area contributed by atoms with E-state index < -0.39 is 0 Å². The van der Waals surface area contributed by atoms with Gasteiger partial charge >= 0.3 is 0 Å². The van der Waals surface area contributed by atoms with Crippen molar-refractivity contribution < 1.29 is 4.52 Å². The molecule has 1 aliphatic heterocycles. The van der Waals surface area contributed by atoms with Crippen LogP contribution in [0.5, 0.6) is 0 Å². The maximum Gasteiger partial charge on any atom is 0.261 e. The first-order chi connectivity index (χ1) is 8.74. The lowest BCUT2D eigenvalue weighted by Gasteiger charge is -2.18. The Morgan fingerprint density at radius 3 is 3.06 bits per heavy atom. The van der Waals surface area contributed by atoms with Crippen molar-refractivity contribution >= 4 is 5.82 Å². The molecule has 1 atom stereocenters. The largest absolute Gasteiger partial charge is 0.354 e. The number of hydrogen-bond acceptors (Lipinski definition) is 6.